The van der Waals surface area contributed by atoms with Crippen LogP contribution in [0.4, 0.5) is 5.69 Å². The SMILES string of the molecule is COc1ccc(C)c2c1NCC(C)NC2=O. The molecule has 86 valence electrons. The van der Waals surface area contributed by atoms with E-state index in [4.69, 9.17) is 4.74 Å². The van der Waals surface area contributed by atoms with E-state index < -0.39 is 0 Å². The minimum Gasteiger partial charge on any atom is -0.495 e. The summed E-state index contributed by atoms with van der Waals surface area (Å²) in [6.07, 6.45) is 0. The van der Waals surface area contributed by atoms with E-state index in [9.17, 15) is 4.79 Å². The molecule has 1 aromatic carbocycles. The van der Waals surface area contributed by atoms with Gasteiger partial charge in [-0.3, -0.25) is 4.79 Å². The molecule has 0 saturated heterocycles. The lowest BCUT2D eigenvalue weighted by molar-refractivity contribution is 0.0944. The second-order valence-electron chi connectivity index (χ2n) is 4.09. The number of nitrogens with one attached hydrogen (secondary N) is 2. The first-order chi connectivity index (χ1) is 7.63. The van der Waals surface area contributed by atoms with Gasteiger partial charge in [0, 0.05) is 12.6 Å². The van der Waals surface area contributed by atoms with E-state index in [2.05, 4.69) is 10.6 Å². The van der Waals surface area contributed by atoms with Gasteiger partial charge in [-0.2, -0.15) is 0 Å². The number of carbonyl (C=O) groups excluding carboxylic acids is 1. The van der Waals surface area contributed by atoms with Gasteiger partial charge in [0.1, 0.15) is 5.75 Å². The monoisotopic (exact) mass is 220 g/mol. The van der Waals surface area contributed by atoms with E-state index in [1.807, 2.05) is 26.0 Å². The summed E-state index contributed by atoms with van der Waals surface area (Å²) in [7, 11) is 1.61. The molecule has 1 heterocycles. The number of methoxy groups -OCH3 is 1. The molecule has 0 fully saturated rings. The van der Waals surface area contributed by atoms with Crippen LogP contribution < -0.4 is 15.4 Å². The molecule has 1 atom stereocenters. The Balaban J connectivity index is 2.57. The highest BCUT2D eigenvalue weighted by molar-refractivity contribution is 6.03. The van der Waals surface area contributed by atoms with E-state index in [0.29, 0.717) is 17.9 Å². The molecule has 1 amide bonds. The van der Waals surface area contributed by atoms with Crippen LogP contribution in [0.2, 0.25) is 0 Å². The maximum Gasteiger partial charge on any atom is 0.254 e. The lowest BCUT2D eigenvalue weighted by atomic mass is 10.1. The molecular weight excluding hydrogens is 204 g/mol. The molecule has 4 heteroatoms. The first-order valence-corrected chi connectivity index (χ1v) is 5.36. The lowest BCUT2D eigenvalue weighted by Crippen LogP contribution is -2.34. The van der Waals surface area contributed by atoms with E-state index >= 15 is 0 Å². The fourth-order valence-electron chi connectivity index (χ4n) is 1.93. The number of amides is 1. The summed E-state index contributed by atoms with van der Waals surface area (Å²) < 4.78 is 5.26. The van der Waals surface area contributed by atoms with Gasteiger partial charge in [0.15, 0.2) is 0 Å². The molecule has 0 saturated carbocycles. The quantitative estimate of drug-likeness (QED) is 0.755. The summed E-state index contributed by atoms with van der Waals surface area (Å²) in [5.41, 5.74) is 2.43. The average Bonchev–Trinajstić information content (AvgIpc) is 2.39. The van der Waals surface area contributed by atoms with Crippen LogP contribution in [0.3, 0.4) is 0 Å². The Hall–Kier alpha value is -1.71. The van der Waals surface area contributed by atoms with Crippen molar-refractivity contribution in [2.24, 2.45) is 0 Å². The van der Waals surface area contributed by atoms with Crippen LogP contribution in [0.25, 0.3) is 0 Å². The highest BCUT2D eigenvalue weighted by Crippen LogP contribution is 2.32. The van der Waals surface area contributed by atoms with Crippen LogP contribution in [0.5, 0.6) is 5.75 Å². The van der Waals surface area contributed by atoms with Gasteiger partial charge in [0.25, 0.3) is 5.91 Å². The summed E-state index contributed by atoms with van der Waals surface area (Å²) in [5.74, 6) is 0.675. The third kappa shape index (κ3) is 1.71. The predicted molar refractivity (Wildman–Crippen MR) is 63.1 cm³/mol. The van der Waals surface area contributed by atoms with Crippen LogP contribution in [0, 0.1) is 6.92 Å². The van der Waals surface area contributed by atoms with Crippen molar-refractivity contribution < 1.29 is 9.53 Å². The van der Waals surface area contributed by atoms with E-state index in [-0.39, 0.29) is 11.9 Å². The molecule has 0 bridgehead atoms. The van der Waals surface area contributed by atoms with E-state index in [0.717, 1.165) is 11.3 Å². The largest absolute Gasteiger partial charge is 0.495 e. The average molecular weight is 220 g/mol. The third-order valence-corrected chi connectivity index (χ3v) is 2.78. The van der Waals surface area contributed by atoms with E-state index in [1.165, 1.54) is 0 Å². The van der Waals surface area contributed by atoms with E-state index in [1.54, 1.807) is 7.11 Å². The van der Waals surface area contributed by atoms with Gasteiger partial charge in [0.05, 0.1) is 18.4 Å². The van der Waals surface area contributed by atoms with Gasteiger partial charge in [-0.1, -0.05) is 6.07 Å². The van der Waals surface area contributed by atoms with Crippen molar-refractivity contribution in [2.45, 2.75) is 19.9 Å². The Bertz CT molecular complexity index is 429. The first kappa shape index (κ1) is 10.8. The van der Waals surface area contributed by atoms with Crippen molar-refractivity contribution in [2.75, 3.05) is 19.0 Å². The Morgan fingerprint density at radius 2 is 2.19 bits per heavy atom. The number of benzene rings is 1. The van der Waals surface area contributed by atoms with Crippen molar-refractivity contribution in [3.63, 3.8) is 0 Å². The minimum absolute atomic E-state index is 0.0381. The molecule has 2 rings (SSSR count). The zero-order valence-electron chi connectivity index (χ0n) is 9.76. The van der Waals surface area contributed by atoms with Crippen LogP contribution in [0.15, 0.2) is 12.1 Å². The van der Waals surface area contributed by atoms with Gasteiger partial charge in [0.2, 0.25) is 0 Å². The van der Waals surface area contributed by atoms with Crippen LogP contribution in [-0.2, 0) is 0 Å². The number of hydrogen-bond acceptors (Lipinski definition) is 3. The number of hydrogen-bond donors (Lipinski definition) is 2. The predicted octanol–water partition coefficient (Wildman–Crippen LogP) is 1.55. The second-order valence-corrected chi connectivity index (χ2v) is 4.09. The fraction of sp³-hybridized carbons (Fsp3) is 0.417. The standard InChI is InChI=1S/C12H16N2O2/c1-7-4-5-9(16-3)11-10(7)12(15)14-8(2)6-13-11/h4-5,8,13H,6H2,1-3H3,(H,14,15). The molecule has 0 radical (unpaired) electrons. The molecule has 2 N–H and O–H groups in total. The molecular formula is C12H16N2O2. The number of carbonyl (C=O) groups is 1. The van der Waals surface area contributed by atoms with Gasteiger partial charge in [-0.15, -0.1) is 0 Å². The summed E-state index contributed by atoms with van der Waals surface area (Å²) in [5, 5.41) is 6.19. The number of fused-ring (bicyclic) bond motifs is 1. The smallest absolute Gasteiger partial charge is 0.254 e. The first-order valence-electron chi connectivity index (χ1n) is 5.36. The summed E-state index contributed by atoms with van der Waals surface area (Å²) in [6.45, 7) is 4.60. The van der Waals surface area contributed by atoms with Gasteiger partial charge < -0.3 is 15.4 Å². The zero-order valence-corrected chi connectivity index (χ0v) is 9.76. The van der Waals surface area contributed by atoms with Crippen LogP contribution in [0.1, 0.15) is 22.8 Å². The van der Waals surface area contributed by atoms with Crippen LogP contribution in [-0.4, -0.2) is 25.6 Å². The zero-order chi connectivity index (χ0) is 11.7. The van der Waals surface area contributed by atoms with Gasteiger partial charge in [-0.05, 0) is 25.5 Å². The summed E-state index contributed by atoms with van der Waals surface area (Å²) >= 11 is 0. The van der Waals surface area contributed by atoms with Crippen LogP contribution >= 0.6 is 0 Å². The molecule has 0 aliphatic carbocycles. The Morgan fingerprint density at radius 1 is 1.44 bits per heavy atom. The maximum absolute atomic E-state index is 12.0. The number of rotatable bonds is 1. The fourth-order valence-corrected chi connectivity index (χ4v) is 1.93. The highest BCUT2D eigenvalue weighted by Gasteiger charge is 2.23. The molecule has 4 nitrogen and oxygen atoms in total. The van der Waals surface area contributed by atoms with Crippen molar-refractivity contribution in [1.82, 2.24) is 5.32 Å². The third-order valence-electron chi connectivity index (χ3n) is 2.78. The Morgan fingerprint density at radius 3 is 2.88 bits per heavy atom. The number of aryl methyl sites for hydroxylation is 1. The Kier molecular flexibility index (Phi) is 2.73. The molecule has 1 aromatic rings. The number of anilines is 1. The van der Waals surface area contributed by atoms with Crippen molar-refractivity contribution >= 4 is 11.6 Å². The van der Waals surface area contributed by atoms with Gasteiger partial charge in [-0.25, -0.2) is 0 Å². The Labute approximate surface area is 95.0 Å². The van der Waals surface area contributed by atoms with Crippen molar-refractivity contribution in [3.05, 3.63) is 23.3 Å². The molecule has 16 heavy (non-hydrogen) atoms. The second kappa shape index (κ2) is 4.04. The molecule has 1 aliphatic rings. The normalized spacial score (nSPS) is 19.2. The highest BCUT2D eigenvalue weighted by atomic mass is 16.5. The van der Waals surface area contributed by atoms with Gasteiger partial charge >= 0.3 is 0 Å². The van der Waals surface area contributed by atoms with Crippen molar-refractivity contribution in [3.8, 4) is 5.75 Å². The molecule has 1 aliphatic heterocycles. The summed E-state index contributed by atoms with van der Waals surface area (Å²) in [6, 6.07) is 3.89. The van der Waals surface area contributed by atoms with Crippen molar-refractivity contribution in [1.29, 1.82) is 0 Å². The number of ether oxygens (including phenoxy) is 1. The molecule has 0 spiro atoms. The lowest BCUT2D eigenvalue weighted by Gasteiger charge is -2.13. The minimum atomic E-state index is -0.0381. The molecule has 1 unspecified atom stereocenters. The maximum atomic E-state index is 12.0. The molecule has 0 aromatic heterocycles. The summed E-state index contributed by atoms with van der Waals surface area (Å²) in [4.78, 5) is 12.0. The topological polar surface area (TPSA) is 50.4 Å².